The Morgan fingerprint density at radius 1 is 1.20 bits per heavy atom. The van der Waals surface area contributed by atoms with Gasteiger partial charge in [-0.2, -0.15) is 4.31 Å². The molecule has 0 aliphatic carbocycles. The van der Waals surface area contributed by atoms with Crippen LogP contribution in [0.25, 0.3) is 0 Å². The van der Waals surface area contributed by atoms with Crippen molar-refractivity contribution in [3.63, 3.8) is 0 Å². The topological polar surface area (TPSA) is 49.4 Å². The van der Waals surface area contributed by atoms with E-state index >= 15 is 0 Å². The molecular weight excluding hydrogens is 319 g/mol. The molecular formula is C13H18Cl2N2O2S. The van der Waals surface area contributed by atoms with Gasteiger partial charge in [-0.1, -0.05) is 23.2 Å². The van der Waals surface area contributed by atoms with Crippen LogP contribution in [-0.2, 0) is 10.0 Å². The Balaban J connectivity index is 2.27. The van der Waals surface area contributed by atoms with Gasteiger partial charge in [0.2, 0.25) is 10.0 Å². The Morgan fingerprint density at radius 2 is 1.70 bits per heavy atom. The highest BCUT2D eigenvalue weighted by Crippen LogP contribution is 2.30. The van der Waals surface area contributed by atoms with Crippen LogP contribution in [-0.4, -0.2) is 38.9 Å². The molecule has 0 aromatic heterocycles. The zero-order chi connectivity index (χ0) is 14.9. The monoisotopic (exact) mass is 336 g/mol. The molecule has 1 aliphatic heterocycles. The average molecular weight is 337 g/mol. The number of benzene rings is 1. The highest BCUT2D eigenvalue weighted by Gasteiger charge is 2.29. The number of nitrogens with one attached hydrogen (secondary N) is 1. The molecule has 0 unspecified atom stereocenters. The van der Waals surface area contributed by atoms with Crippen molar-refractivity contribution in [2.45, 2.75) is 30.7 Å². The molecule has 20 heavy (non-hydrogen) atoms. The first-order valence-corrected chi connectivity index (χ1v) is 8.69. The van der Waals surface area contributed by atoms with Crippen LogP contribution in [0.4, 0.5) is 0 Å². The van der Waals surface area contributed by atoms with Gasteiger partial charge in [-0.3, -0.25) is 0 Å². The van der Waals surface area contributed by atoms with E-state index in [1.807, 2.05) is 7.05 Å². The minimum absolute atomic E-state index is 0.168. The van der Waals surface area contributed by atoms with Gasteiger partial charge in [0.1, 0.15) is 0 Å². The summed E-state index contributed by atoms with van der Waals surface area (Å²) in [6, 6.07) is 3.33. The average Bonchev–Trinajstić information content (AvgIpc) is 2.44. The molecule has 7 heteroatoms. The Kier molecular flexibility index (Phi) is 4.97. The van der Waals surface area contributed by atoms with Gasteiger partial charge in [0, 0.05) is 29.2 Å². The molecule has 1 aromatic rings. The van der Waals surface area contributed by atoms with Crippen LogP contribution in [0.2, 0.25) is 10.0 Å². The lowest BCUT2D eigenvalue weighted by molar-refractivity contribution is 0.298. The molecule has 0 saturated carbocycles. The van der Waals surface area contributed by atoms with Gasteiger partial charge in [0.05, 0.1) is 4.90 Å². The van der Waals surface area contributed by atoms with Crippen LogP contribution in [0.1, 0.15) is 18.4 Å². The summed E-state index contributed by atoms with van der Waals surface area (Å²) in [5.41, 5.74) is 0.696. The normalized spacial score (nSPS) is 18.4. The zero-order valence-corrected chi connectivity index (χ0v) is 13.8. The molecule has 2 rings (SSSR count). The molecule has 0 atom stereocenters. The van der Waals surface area contributed by atoms with Gasteiger partial charge < -0.3 is 5.32 Å². The third-order valence-electron chi connectivity index (χ3n) is 3.75. The highest BCUT2D eigenvalue weighted by molar-refractivity contribution is 7.89. The van der Waals surface area contributed by atoms with Gasteiger partial charge in [-0.25, -0.2) is 8.42 Å². The van der Waals surface area contributed by atoms with E-state index in [2.05, 4.69) is 5.32 Å². The first kappa shape index (κ1) is 16.0. The Labute approximate surface area is 130 Å². The van der Waals surface area contributed by atoms with E-state index < -0.39 is 10.0 Å². The summed E-state index contributed by atoms with van der Waals surface area (Å²) >= 11 is 12.1. The van der Waals surface area contributed by atoms with E-state index in [1.54, 1.807) is 6.92 Å². The second kappa shape index (κ2) is 6.20. The number of rotatable bonds is 3. The molecule has 0 bridgehead atoms. The highest BCUT2D eigenvalue weighted by atomic mass is 35.5. The first-order valence-electron chi connectivity index (χ1n) is 6.49. The van der Waals surface area contributed by atoms with Gasteiger partial charge in [0.25, 0.3) is 0 Å². The van der Waals surface area contributed by atoms with Gasteiger partial charge in [0.15, 0.2) is 0 Å². The summed E-state index contributed by atoms with van der Waals surface area (Å²) in [4.78, 5) is 0.168. The van der Waals surface area contributed by atoms with Crippen LogP contribution in [0, 0.1) is 6.92 Å². The van der Waals surface area contributed by atoms with Crippen molar-refractivity contribution in [2.75, 3.05) is 20.1 Å². The summed E-state index contributed by atoms with van der Waals surface area (Å²) in [7, 11) is -1.62. The third kappa shape index (κ3) is 3.12. The molecule has 1 saturated heterocycles. The third-order valence-corrected chi connectivity index (χ3v) is 6.42. The number of hydrogen-bond acceptors (Lipinski definition) is 3. The van der Waals surface area contributed by atoms with Crippen molar-refractivity contribution < 1.29 is 8.42 Å². The minimum atomic E-state index is -3.52. The number of sulfonamides is 1. The van der Waals surface area contributed by atoms with E-state index in [-0.39, 0.29) is 4.90 Å². The fourth-order valence-corrected chi connectivity index (χ4v) is 4.44. The Morgan fingerprint density at radius 3 is 2.15 bits per heavy atom. The maximum absolute atomic E-state index is 12.6. The molecule has 1 aliphatic rings. The number of piperidine rings is 1. The van der Waals surface area contributed by atoms with E-state index in [0.717, 1.165) is 12.8 Å². The fraction of sp³-hybridized carbons (Fsp3) is 0.538. The van der Waals surface area contributed by atoms with Crippen LogP contribution in [0.5, 0.6) is 0 Å². The largest absolute Gasteiger partial charge is 0.317 e. The van der Waals surface area contributed by atoms with Crippen LogP contribution < -0.4 is 5.32 Å². The summed E-state index contributed by atoms with van der Waals surface area (Å²) in [5, 5.41) is 3.93. The van der Waals surface area contributed by atoms with Crippen LogP contribution >= 0.6 is 23.2 Å². The summed E-state index contributed by atoms with van der Waals surface area (Å²) in [6.45, 7) is 2.79. The van der Waals surface area contributed by atoms with E-state index in [1.165, 1.54) is 16.4 Å². The molecule has 0 amide bonds. The molecule has 0 radical (unpaired) electrons. The Hall–Kier alpha value is -0.330. The quantitative estimate of drug-likeness (QED) is 0.923. The van der Waals surface area contributed by atoms with Crippen molar-refractivity contribution in [3.05, 3.63) is 27.7 Å². The van der Waals surface area contributed by atoms with Crippen LogP contribution in [0.3, 0.4) is 0 Å². The van der Waals surface area contributed by atoms with Crippen molar-refractivity contribution in [1.82, 2.24) is 9.62 Å². The first-order chi connectivity index (χ1) is 9.36. The predicted molar refractivity (Wildman–Crippen MR) is 82.0 cm³/mol. The Bertz CT molecular complexity index is 573. The van der Waals surface area contributed by atoms with E-state index in [4.69, 9.17) is 23.2 Å². The molecule has 1 N–H and O–H groups in total. The van der Waals surface area contributed by atoms with E-state index in [0.29, 0.717) is 34.7 Å². The molecule has 112 valence electrons. The van der Waals surface area contributed by atoms with Crippen molar-refractivity contribution in [3.8, 4) is 0 Å². The molecule has 0 spiro atoms. The zero-order valence-electron chi connectivity index (χ0n) is 11.5. The van der Waals surface area contributed by atoms with Crippen molar-refractivity contribution in [2.24, 2.45) is 0 Å². The lowest BCUT2D eigenvalue weighted by Gasteiger charge is -2.31. The van der Waals surface area contributed by atoms with E-state index in [9.17, 15) is 8.42 Å². The maximum atomic E-state index is 12.6. The standard InChI is InChI=1S/C13H18Cl2N2O2S/c1-9-12(14)7-11(8-13(9)15)20(18,19)17-5-3-10(16-2)4-6-17/h7-8,10,16H,3-6H2,1-2H3. The number of halogens is 2. The summed E-state index contributed by atoms with van der Waals surface area (Å²) in [5.74, 6) is 0. The van der Waals surface area contributed by atoms with Crippen LogP contribution in [0.15, 0.2) is 17.0 Å². The molecule has 1 heterocycles. The minimum Gasteiger partial charge on any atom is -0.317 e. The lowest BCUT2D eigenvalue weighted by atomic mass is 10.1. The van der Waals surface area contributed by atoms with Crippen molar-refractivity contribution in [1.29, 1.82) is 0 Å². The molecule has 1 fully saturated rings. The number of nitrogens with zero attached hydrogens (tertiary/aromatic N) is 1. The summed E-state index contributed by atoms with van der Waals surface area (Å²) in [6.07, 6.45) is 1.62. The second-order valence-electron chi connectivity index (χ2n) is 4.98. The maximum Gasteiger partial charge on any atom is 0.243 e. The second-order valence-corrected chi connectivity index (χ2v) is 7.73. The lowest BCUT2D eigenvalue weighted by Crippen LogP contribution is -2.43. The van der Waals surface area contributed by atoms with Gasteiger partial charge in [-0.05, 0) is 44.5 Å². The SMILES string of the molecule is CNC1CCN(S(=O)(=O)c2cc(Cl)c(C)c(Cl)c2)CC1. The fourth-order valence-electron chi connectivity index (χ4n) is 2.30. The summed E-state index contributed by atoms with van der Waals surface area (Å²) < 4.78 is 26.7. The molecule has 4 nitrogen and oxygen atoms in total. The van der Waals surface area contributed by atoms with Crippen molar-refractivity contribution >= 4 is 33.2 Å². The van der Waals surface area contributed by atoms with Gasteiger partial charge in [-0.15, -0.1) is 0 Å². The predicted octanol–water partition coefficient (Wildman–Crippen LogP) is 2.67. The number of hydrogen-bond donors (Lipinski definition) is 1. The van der Waals surface area contributed by atoms with Gasteiger partial charge >= 0.3 is 0 Å². The smallest absolute Gasteiger partial charge is 0.243 e. The molecule has 1 aromatic carbocycles.